The number of nitrogens with zero attached hydrogens (tertiary/aromatic N) is 2. The number of carbonyl (C=O) groups excluding carboxylic acids is 1. The Labute approximate surface area is 187 Å². The van der Waals surface area contributed by atoms with Crippen molar-refractivity contribution in [1.29, 1.82) is 0 Å². The second-order valence-electron chi connectivity index (χ2n) is 7.90. The Morgan fingerprint density at radius 3 is 2.47 bits per heavy atom. The summed E-state index contributed by atoms with van der Waals surface area (Å²) in [4.78, 5) is 12.9. The zero-order valence-corrected chi connectivity index (χ0v) is 19.2. The largest absolute Gasteiger partial charge is 0.493 e. The molecule has 0 aliphatic carbocycles. The van der Waals surface area contributed by atoms with Crippen LogP contribution in [0.2, 0.25) is 0 Å². The minimum Gasteiger partial charge on any atom is -0.493 e. The van der Waals surface area contributed by atoms with Gasteiger partial charge in [-0.05, 0) is 54.8 Å². The summed E-state index contributed by atoms with van der Waals surface area (Å²) in [6.07, 6.45) is 0.0833. The molecule has 0 atom stereocenters. The van der Waals surface area contributed by atoms with Crippen LogP contribution in [-0.2, 0) is 32.6 Å². The van der Waals surface area contributed by atoms with Crippen LogP contribution in [-0.4, -0.2) is 38.3 Å². The number of aryl methyl sites for hydroxylation is 2. The molecular weight excluding hydrogens is 430 g/mol. The predicted octanol–water partition coefficient (Wildman–Crippen LogP) is 3.12. The lowest BCUT2D eigenvalue weighted by molar-refractivity contribution is -0.115. The summed E-state index contributed by atoms with van der Waals surface area (Å²) in [7, 11) is -0.184. The molecule has 168 valence electrons. The highest BCUT2D eigenvalue weighted by molar-refractivity contribution is 7.90. The van der Waals surface area contributed by atoms with Crippen molar-refractivity contribution in [3.8, 4) is 17.2 Å². The summed E-state index contributed by atoms with van der Waals surface area (Å²) in [5, 5.41) is 7.42. The fourth-order valence-corrected chi connectivity index (χ4v) is 5.26. The van der Waals surface area contributed by atoms with E-state index in [1.807, 2.05) is 32.0 Å². The molecule has 0 saturated heterocycles. The van der Waals surface area contributed by atoms with Crippen molar-refractivity contribution in [1.82, 2.24) is 9.78 Å². The number of amides is 1. The van der Waals surface area contributed by atoms with E-state index in [9.17, 15) is 13.2 Å². The molecule has 2 aromatic carbocycles. The molecule has 9 heteroatoms. The van der Waals surface area contributed by atoms with Crippen LogP contribution in [0.3, 0.4) is 0 Å². The van der Waals surface area contributed by atoms with Gasteiger partial charge >= 0.3 is 0 Å². The number of fused-ring (bicyclic) bond motifs is 1. The average molecular weight is 456 g/mol. The van der Waals surface area contributed by atoms with Gasteiger partial charge in [0.2, 0.25) is 5.91 Å². The fraction of sp³-hybridized carbons (Fsp3) is 0.304. The van der Waals surface area contributed by atoms with Gasteiger partial charge in [0, 0.05) is 5.56 Å². The summed E-state index contributed by atoms with van der Waals surface area (Å²) in [5.74, 6) is 0.958. The molecule has 0 fully saturated rings. The van der Waals surface area contributed by atoms with E-state index in [0.29, 0.717) is 28.6 Å². The van der Waals surface area contributed by atoms with Gasteiger partial charge < -0.3 is 14.8 Å². The molecule has 0 radical (unpaired) electrons. The lowest BCUT2D eigenvalue weighted by Crippen LogP contribution is -2.18. The maximum absolute atomic E-state index is 12.9. The summed E-state index contributed by atoms with van der Waals surface area (Å²) >= 11 is 0. The van der Waals surface area contributed by atoms with E-state index in [4.69, 9.17) is 9.47 Å². The normalized spacial score (nSPS) is 14.1. The van der Waals surface area contributed by atoms with Gasteiger partial charge in [0.1, 0.15) is 5.82 Å². The van der Waals surface area contributed by atoms with Crippen LogP contribution in [0.15, 0.2) is 36.4 Å². The predicted molar refractivity (Wildman–Crippen MR) is 121 cm³/mol. The van der Waals surface area contributed by atoms with Crippen molar-refractivity contribution in [2.45, 2.75) is 31.8 Å². The molecule has 0 unspecified atom stereocenters. The summed E-state index contributed by atoms with van der Waals surface area (Å²) in [6, 6.07) is 11.1. The Morgan fingerprint density at radius 1 is 1.03 bits per heavy atom. The van der Waals surface area contributed by atoms with Crippen molar-refractivity contribution in [3.05, 3.63) is 64.3 Å². The number of benzene rings is 2. The third kappa shape index (κ3) is 4.20. The summed E-state index contributed by atoms with van der Waals surface area (Å²) in [6.45, 7) is 4.01. The van der Waals surface area contributed by atoms with Gasteiger partial charge in [0.15, 0.2) is 21.3 Å². The SMILES string of the molecule is COc1ccc(CC(=O)Nc2c3c(nn2-c2ccc(C)c(C)c2)CS(=O)(=O)C3)cc1OC. The lowest BCUT2D eigenvalue weighted by Gasteiger charge is -2.13. The van der Waals surface area contributed by atoms with E-state index in [-0.39, 0.29) is 23.8 Å². The molecule has 1 aliphatic rings. The van der Waals surface area contributed by atoms with Crippen molar-refractivity contribution in [2.24, 2.45) is 0 Å². The Bertz CT molecular complexity index is 1310. The Morgan fingerprint density at radius 2 is 1.78 bits per heavy atom. The first-order valence-corrected chi connectivity index (χ1v) is 11.9. The quantitative estimate of drug-likeness (QED) is 0.613. The molecule has 3 aromatic rings. The molecule has 1 N–H and O–H groups in total. The molecule has 8 nitrogen and oxygen atoms in total. The summed E-state index contributed by atoms with van der Waals surface area (Å²) in [5.41, 5.74) is 4.74. The van der Waals surface area contributed by atoms with Gasteiger partial charge in [-0.15, -0.1) is 0 Å². The minimum absolute atomic E-state index is 0.0833. The van der Waals surface area contributed by atoms with Crippen molar-refractivity contribution < 1.29 is 22.7 Å². The second kappa shape index (κ2) is 8.31. The number of hydrogen-bond donors (Lipinski definition) is 1. The van der Waals surface area contributed by atoms with Gasteiger partial charge in [-0.3, -0.25) is 4.79 Å². The molecule has 32 heavy (non-hydrogen) atoms. The van der Waals surface area contributed by atoms with Crippen molar-refractivity contribution in [3.63, 3.8) is 0 Å². The molecule has 1 aliphatic heterocycles. The Hall–Kier alpha value is -3.33. The van der Waals surface area contributed by atoms with Gasteiger partial charge in [0.25, 0.3) is 0 Å². The highest BCUT2D eigenvalue weighted by Crippen LogP contribution is 2.33. The van der Waals surface area contributed by atoms with Crippen LogP contribution in [0, 0.1) is 13.8 Å². The highest BCUT2D eigenvalue weighted by Gasteiger charge is 2.33. The molecule has 2 heterocycles. The van der Waals surface area contributed by atoms with Crippen LogP contribution in [0.5, 0.6) is 11.5 Å². The molecule has 0 saturated carbocycles. The molecule has 0 bridgehead atoms. The van der Waals surface area contributed by atoms with Crippen LogP contribution >= 0.6 is 0 Å². The van der Waals surface area contributed by atoms with E-state index in [2.05, 4.69) is 10.4 Å². The fourth-order valence-electron chi connectivity index (χ4n) is 3.77. The monoisotopic (exact) mass is 455 g/mol. The zero-order valence-electron chi connectivity index (χ0n) is 18.4. The second-order valence-corrected chi connectivity index (χ2v) is 9.97. The average Bonchev–Trinajstić information content (AvgIpc) is 3.22. The van der Waals surface area contributed by atoms with E-state index < -0.39 is 9.84 Å². The number of anilines is 1. The van der Waals surface area contributed by atoms with Crippen LogP contribution in [0.4, 0.5) is 5.82 Å². The number of nitrogens with one attached hydrogen (secondary N) is 1. The Balaban J connectivity index is 1.66. The van der Waals surface area contributed by atoms with Crippen LogP contribution in [0.25, 0.3) is 5.69 Å². The number of rotatable bonds is 6. The van der Waals surface area contributed by atoms with Crippen LogP contribution in [0.1, 0.15) is 27.9 Å². The summed E-state index contributed by atoms with van der Waals surface area (Å²) < 4.78 is 36.5. The minimum atomic E-state index is -3.27. The molecule has 0 spiro atoms. The van der Waals surface area contributed by atoms with E-state index in [1.165, 1.54) is 7.11 Å². The standard InChI is InChI=1S/C23H25N3O5S/c1-14-5-7-17(9-15(14)2)26-23(18-12-32(28,29)13-19(18)25-26)24-22(27)11-16-6-8-20(30-3)21(10-16)31-4/h5-10H,11-13H2,1-4H3,(H,24,27). The lowest BCUT2D eigenvalue weighted by atomic mass is 10.1. The van der Waals surface area contributed by atoms with Crippen molar-refractivity contribution in [2.75, 3.05) is 19.5 Å². The smallest absolute Gasteiger partial charge is 0.229 e. The van der Waals surface area contributed by atoms with Gasteiger partial charge in [0.05, 0.1) is 43.5 Å². The number of carbonyl (C=O) groups is 1. The van der Waals surface area contributed by atoms with Crippen LogP contribution < -0.4 is 14.8 Å². The maximum atomic E-state index is 12.9. The first kappa shape index (κ1) is 21.9. The van der Waals surface area contributed by atoms with Crippen molar-refractivity contribution >= 4 is 21.6 Å². The van der Waals surface area contributed by atoms with E-state index in [0.717, 1.165) is 22.4 Å². The van der Waals surface area contributed by atoms with E-state index in [1.54, 1.807) is 30.0 Å². The Kier molecular flexibility index (Phi) is 5.68. The number of ether oxygens (including phenoxy) is 2. The number of hydrogen-bond acceptors (Lipinski definition) is 6. The maximum Gasteiger partial charge on any atom is 0.229 e. The number of sulfone groups is 1. The zero-order chi connectivity index (χ0) is 23.0. The number of methoxy groups -OCH3 is 2. The topological polar surface area (TPSA) is 99.5 Å². The number of aromatic nitrogens is 2. The first-order chi connectivity index (χ1) is 15.2. The molecular formula is C23H25N3O5S. The third-order valence-electron chi connectivity index (χ3n) is 5.59. The third-order valence-corrected chi connectivity index (χ3v) is 7.03. The van der Waals surface area contributed by atoms with Gasteiger partial charge in [-0.2, -0.15) is 5.10 Å². The van der Waals surface area contributed by atoms with Gasteiger partial charge in [-0.25, -0.2) is 13.1 Å². The van der Waals surface area contributed by atoms with E-state index >= 15 is 0 Å². The molecule has 1 aromatic heterocycles. The first-order valence-electron chi connectivity index (χ1n) is 10.1. The molecule has 1 amide bonds. The molecule has 4 rings (SSSR count). The highest BCUT2D eigenvalue weighted by atomic mass is 32.2. The van der Waals surface area contributed by atoms with Gasteiger partial charge in [-0.1, -0.05) is 12.1 Å².